The van der Waals surface area contributed by atoms with Gasteiger partial charge in [-0.2, -0.15) is 0 Å². The van der Waals surface area contributed by atoms with Crippen LogP contribution in [0.15, 0.2) is 23.3 Å². The van der Waals surface area contributed by atoms with Crippen molar-refractivity contribution in [3.63, 3.8) is 0 Å². The number of carboxylic acid groups (broad SMARTS) is 2. The monoisotopic (exact) mass is 334 g/mol. The van der Waals surface area contributed by atoms with Crippen LogP contribution in [0, 0.1) is 0 Å². The first-order chi connectivity index (χ1) is 10.4. The standard InChI is InChI=1S/2C9H16O2.Mg/c2*1-3-5-7-8(6-4-2)9(10)11;/h2*7H,3-6H2,1-2H3,(H,10,11);/q;;+2/p-2/b2*8-7+;. The Morgan fingerprint density at radius 2 is 1.00 bits per heavy atom. The Hall–Kier alpha value is -0.814. The zero-order valence-electron chi connectivity index (χ0n) is 15.2. The minimum atomic E-state index is -1.01. The number of carbonyl (C=O) groups is 2. The van der Waals surface area contributed by atoms with E-state index in [1.54, 1.807) is 12.2 Å². The van der Waals surface area contributed by atoms with E-state index >= 15 is 0 Å². The average molecular weight is 335 g/mol. The van der Waals surface area contributed by atoms with Crippen LogP contribution >= 0.6 is 0 Å². The molecule has 4 nitrogen and oxygen atoms in total. The van der Waals surface area contributed by atoms with Crippen LogP contribution in [0.2, 0.25) is 0 Å². The molecular weight excluding hydrogens is 304 g/mol. The molecule has 0 amide bonds. The summed E-state index contributed by atoms with van der Waals surface area (Å²) in [5, 5.41) is 20.8. The van der Waals surface area contributed by atoms with Gasteiger partial charge in [-0.25, -0.2) is 0 Å². The molecule has 0 aliphatic rings. The molecule has 0 fully saturated rings. The first kappa shape index (κ1) is 27.1. The molecule has 0 spiro atoms. The fourth-order valence-electron chi connectivity index (χ4n) is 1.75. The molecule has 0 radical (unpaired) electrons. The van der Waals surface area contributed by atoms with Crippen LogP contribution in [-0.4, -0.2) is 35.0 Å². The van der Waals surface area contributed by atoms with Gasteiger partial charge in [0.1, 0.15) is 0 Å². The van der Waals surface area contributed by atoms with E-state index in [9.17, 15) is 19.8 Å². The molecule has 0 heterocycles. The van der Waals surface area contributed by atoms with Gasteiger partial charge in [-0.3, -0.25) is 0 Å². The van der Waals surface area contributed by atoms with Crippen LogP contribution in [0.5, 0.6) is 0 Å². The van der Waals surface area contributed by atoms with Crippen molar-refractivity contribution < 1.29 is 19.8 Å². The second kappa shape index (κ2) is 19.2. The summed E-state index contributed by atoms with van der Waals surface area (Å²) in [5.74, 6) is -2.03. The van der Waals surface area contributed by atoms with Crippen LogP contribution in [0.25, 0.3) is 0 Å². The Morgan fingerprint density at radius 1 is 0.696 bits per heavy atom. The molecule has 0 saturated carbocycles. The number of allylic oxidation sites excluding steroid dienone is 2. The van der Waals surface area contributed by atoms with E-state index in [4.69, 9.17) is 0 Å². The molecule has 0 aliphatic carbocycles. The predicted octanol–water partition coefficient (Wildman–Crippen LogP) is 2.14. The molecule has 0 rings (SSSR count). The van der Waals surface area contributed by atoms with Gasteiger partial charge >= 0.3 is 23.1 Å². The van der Waals surface area contributed by atoms with E-state index in [-0.39, 0.29) is 23.1 Å². The average Bonchev–Trinajstić information content (AvgIpc) is 2.48. The molecule has 0 N–H and O–H groups in total. The van der Waals surface area contributed by atoms with Gasteiger partial charge in [-0.15, -0.1) is 0 Å². The summed E-state index contributed by atoms with van der Waals surface area (Å²) in [6, 6.07) is 0. The Kier molecular flexibility index (Phi) is 22.6. The molecular formula is C18H30MgO4. The van der Waals surface area contributed by atoms with Crippen molar-refractivity contribution in [2.45, 2.75) is 79.1 Å². The first-order valence-electron chi connectivity index (χ1n) is 8.25. The first-order valence-corrected chi connectivity index (χ1v) is 8.25. The topological polar surface area (TPSA) is 80.3 Å². The quantitative estimate of drug-likeness (QED) is 0.453. The van der Waals surface area contributed by atoms with Gasteiger partial charge in [0.05, 0.1) is 11.9 Å². The van der Waals surface area contributed by atoms with Gasteiger partial charge in [-0.05, 0) is 36.8 Å². The third-order valence-electron chi connectivity index (χ3n) is 2.92. The van der Waals surface area contributed by atoms with Crippen molar-refractivity contribution >= 4 is 35.0 Å². The molecule has 0 bridgehead atoms. The van der Waals surface area contributed by atoms with Crippen molar-refractivity contribution in [3.8, 4) is 0 Å². The summed E-state index contributed by atoms with van der Waals surface area (Å²) in [4.78, 5) is 20.8. The fourth-order valence-corrected chi connectivity index (χ4v) is 1.75. The Bertz CT molecular complexity index is 337. The van der Waals surface area contributed by atoms with Crippen molar-refractivity contribution in [3.05, 3.63) is 23.3 Å². The number of carbonyl (C=O) groups excluding carboxylic acids is 2. The minimum Gasteiger partial charge on any atom is -0.545 e. The summed E-state index contributed by atoms with van der Waals surface area (Å²) in [6.45, 7) is 7.97. The van der Waals surface area contributed by atoms with Gasteiger partial charge in [0.25, 0.3) is 0 Å². The second-order valence-corrected chi connectivity index (χ2v) is 5.11. The molecule has 0 aromatic carbocycles. The molecule has 0 saturated heterocycles. The van der Waals surface area contributed by atoms with E-state index in [1.165, 1.54) is 0 Å². The van der Waals surface area contributed by atoms with Gasteiger partial charge < -0.3 is 19.8 Å². The Labute approximate surface area is 157 Å². The van der Waals surface area contributed by atoms with Crippen molar-refractivity contribution in [2.24, 2.45) is 0 Å². The molecule has 23 heavy (non-hydrogen) atoms. The van der Waals surface area contributed by atoms with Gasteiger partial charge in [0.2, 0.25) is 0 Å². The maximum atomic E-state index is 10.4. The van der Waals surface area contributed by atoms with Crippen LogP contribution < -0.4 is 10.2 Å². The maximum absolute atomic E-state index is 10.4. The van der Waals surface area contributed by atoms with Gasteiger partial charge in [-0.1, -0.05) is 65.5 Å². The number of hydrogen-bond acceptors (Lipinski definition) is 4. The summed E-state index contributed by atoms with van der Waals surface area (Å²) < 4.78 is 0. The molecule has 128 valence electrons. The Balaban J connectivity index is -0.000000333. The van der Waals surface area contributed by atoms with Crippen molar-refractivity contribution in [2.75, 3.05) is 0 Å². The molecule has 0 aromatic heterocycles. The fraction of sp³-hybridized carbons (Fsp3) is 0.667. The molecule has 0 atom stereocenters. The van der Waals surface area contributed by atoms with Crippen LogP contribution in [0.4, 0.5) is 0 Å². The van der Waals surface area contributed by atoms with Crippen molar-refractivity contribution in [1.29, 1.82) is 0 Å². The number of aliphatic carboxylic acids is 2. The van der Waals surface area contributed by atoms with E-state index in [0.29, 0.717) is 24.0 Å². The summed E-state index contributed by atoms with van der Waals surface area (Å²) in [6.07, 6.45) is 10.2. The van der Waals surface area contributed by atoms with E-state index in [0.717, 1.165) is 38.5 Å². The predicted molar refractivity (Wildman–Crippen MR) is 91.6 cm³/mol. The number of rotatable bonds is 10. The zero-order valence-corrected chi connectivity index (χ0v) is 16.6. The largest absolute Gasteiger partial charge is 2.00 e. The third-order valence-corrected chi connectivity index (χ3v) is 2.92. The molecule has 5 heteroatoms. The summed E-state index contributed by atoms with van der Waals surface area (Å²) in [7, 11) is 0. The van der Waals surface area contributed by atoms with E-state index in [2.05, 4.69) is 0 Å². The normalized spacial score (nSPS) is 11.1. The Morgan fingerprint density at radius 3 is 1.17 bits per heavy atom. The van der Waals surface area contributed by atoms with Crippen LogP contribution in [0.3, 0.4) is 0 Å². The van der Waals surface area contributed by atoms with Crippen LogP contribution in [-0.2, 0) is 9.59 Å². The van der Waals surface area contributed by atoms with Crippen LogP contribution in [0.1, 0.15) is 79.1 Å². The van der Waals surface area contributed by atoms with E-state index in [1.807, 2.05) is 27.7 Å². The number of unbranched alkanes of at least 4 members (excludes halogenated alkanes) is 2. The molecule has 0 aromatic rings. The van der Waals surface area contributed by atoms with E-state index < -0.39 is 11.9 Å². The van der Waals surface area contributed by atoms with Gasteiger partial charge in [0, 0.05) is 0 Å². The van der Waals surface area contributed by atoms with Crippen molar-refractivity contribution in [1.82, 2.24) is 0 Å². The smallest absolute Gasteiger partial charge is 0.545 e. The zero-order chi connectivity index (χ0) is 17.4. The SMILES string of the molecule is CCC/C=C(\CCC)C(=O)[O-].CCC/C=C(\CCC)C(=O)[O-].[Mg+2]. The number of hydrogen-bond donors (Lipinski definition) is 0. The third kappa shape index (κ3) is 17.4. The maximum Gasteiger partial charge on any atom is 2.00 e. The molecule has 0 aliphatic heterocycles. The summed E-state index contributed by atoms with van der Waals surface area (Å²) in [5.41, 5.74) is 0.906. The van der Waals surface area contributed by atoms with Gasteiger partial charge in [0.15, 0.2) is 0 Å². The second-order valence-electron chi connectivity index (χ2n) is 5.11. The number of carboxylic acids is 2. The molecule has 0 unspecified atom stereocenters. The minimum absolute atomic E-state index is 0. The summed E-state index contributed by atoms with van der Waals surface area (Å²) >= 11 is 0.